The van der Waals surface area contributed by atoms with Crippen molar-refractivity contribution in [3.63, 3.8) is 0 Å². The quantitative estimate of drug-likeness (QED) is 0.843. The summed E-state index contributed by atoms with van der Waals surface area (Å²) in [6.07, 6.45) is 5.58. The van der Waals surface area contributed by atoms with E-state index in [9.17, 15) is 8.42 Å². The number of sulfonamides is 1. The molecule has 1 aliphatic carbocycles. The summed E-state index contributed by atoms with van der Waals surface area (Å²) in [5.41, 5.74) is 3.82. The van der Waals surface area contributed by atoms with E-state index in [2.05, 4.69) is 10.8 Å². The SMILES string of the molecule is CS(=O)(=O)Nc1cccc([C@@H]2O[C@@H]3CCCC[C@@H]3c3cc4c(cc32)OCO4)c1. The molecule has 28 heavy (non-hydrogen) atoms. The minimum absolute atomic E-state index is 0.165. The Morgan fingerprint density at radius 2 is 1.75 bits per heavy atom. The van der Waals surface area contributed by atoms with Crippen molar-refractivity contribution in [1.82, 2.24) is 0 Å². The fourth-order valence-electron chi connectivity index (χ4n) is 4.62. The average Bonchev–Trinajstić information content (AvgIpc) is 3.12. The summed E-state index contributed by atoms with van der Waals surface area (Å²) in [5, 5.41) is 0. The predicted molar refractivity (Wildman–Crippen MR) is 105 cm³/mol. The van der Waals surface area contributed by atoms with Crippen LogP contribution in [-0.2, 0) is 14.8 Å². The highest BCUT2D eigenvalue weighted by molar-refractivity contribution is 7.92. The van der Waals surface area contributed by atoms with Gasteiger partial charge in [0.1, 0.15) is 6.10 Å². The van der Waals surface area contributed by atoms with Crippen LogP contribution in [0.2, 0.25) is 0 Å². The number of nitrogens with one attached hydrogen (secondary N) is 1. The van der Waals surface area contributed by atoms with Gasteiger partial charge in [0, 0.05) is 11.6 Å². The first-order valence-electron chi connectivity index (χ1n) is 9.64. The molecular weight excluding hydrogens is 378 g/mol. The van der Waals surface area contributed by atoms with Crippen molar-refractivity contribution in [2.45, 2.75) is 43.8 Å². The summed E-state index contributed by atoms with van der Waals surface area (Å²) in [6, 6.07) is 11.6. The number of ether oxygens (including phenoxy) is 3. The van der Waals surface area contributed by atoms with Gasteiger partial charge in [-0.05, 0) is 53.8 Å². The Hall–Kier alpha value is -2.25. The normalized spacial score (nSPS) is 25.7. The van der Waals surface area contributed by atoms with Crippen LogP contribution in [0.4, 0.5) is 5.69 Å². The molecule has 148 valence electrons. The van der Waals surface area contributed by atoms with Crippen LogP contribution in [0.25, 0.3) is 0 Å². The molecule has 0 saturated heterocycles. The number of fused-ring (bicyclic) bond motifs is 4. The Kier molecular flexibility index (Phi) is 4.25. The minimum atomic E-state index is -3.34. The fourth-order valence-corrected chi connectivity index (χ4v) is 5.18. The van der Waals surface area contributed by atoms with E-state index < -0.39 is 10.0 Å². The molecule has 5 rings (SSSR count). The maximum absolute atomic E-state index is 11.6. The molecule has 1 N–H and O–H groups in total. The van der Waals surface area contributed by atoms with Gasteiger partial charge in [-0.3, -0.25) is 4.72 Å². The van der Waals surface area contributed by atoms with Gasteiger partial charge in [0.15, 0.2) is 11.5 Å². The first kappa shape index (κ1) is 17.8. The smallest absolute Gasteiger partial charge is 0.231 e. The van der Waals surface area contributed by atoms with Crippen molar-refractivity contribution >= 4 is 15.7 Å². The van der Waals surface area contributed by atoms with Gasteiger partial charge >= 0.3 is 0 Å². The zero-order chi connectivity index (χ0) is 19.3. The molecule has 2 heterocycles. The number of rotatable bonds is 3. The van der Waals surface area contributed by atoms with Crippen molar-refractivity contribution in [2.24, 2.45) is 0 Å². The van der Waals surface area contributed by atoms with Gasteiger partial charge in [0.25, 0.3) is 0 Å². The summed E-state index contributed by atoms with van der Waals surface area (Å²) in [7, 11) is -3.34. The average molecular weight is 401 g/mol. The van der Waals surface area contributed by atoms with Crippen molar-refractivity contribution < 1.29 is 22.6 Å². The van der Waals surface area contributed by atoms with Gasteiger partial charge in [-0.1, -0.05) is 25.0 Å². The second-order valence-corrected chi connectivity index (χ2v) is 9.53. The van der Waals surface area contributed by atoms with E-state index in [1.54, 1.807) is 6.07 Å². The largest absolute Gasteiger partial charge is 0.454 e. The standard InChI is InChI=1S/C21H23NO5S/c1-28(23,24)22-14-6-4-5-13(9-14)21-17-11-20-19(25-12-26-20)10-16(17)15-7-2-3-8-18(15)27-21/h4-6,9-11,15,18,21-22H,2-3,7-8,12H2,1H3/t15-,18-,21+/m1/s1. The van der Waals surface area contributed by atoms with Gasteiger partial charge in [0.05, 0.1) is 12.4 Å². The lowest BCUT2D eigenvalue weighted by atomic mass is 9.76. The van der Waals surface area contributed by atoms with Gasteiger partial charge in [-0.15, -0.1) is 0 Å². The van der Waals surface area contributed by atoms with E-state index in [0.29, 0.717) is 11.6 Å². The number of benzene rings is 2. The first-order valence-corrected chi connectivity index (χ1v) is 11.5. The van der Waals surface area contributed by atoms with E-state index >= 15 is 0 Å². The third-order valence-corrected chi connectivity index (χ3v) is 6.37. The lowest BCUT2D eigenvalue weighted by Gasteiger charge is -2.41. The molecule has 0 amide bonds. The summed E-state index contributed by atoms with van der Waals surface area (Å²) >= 11 is 0. The third-order valence-electron chi connectivity index (χ3n) is 5.77. The van der Waals surface area contributed by atoms with E-state index in [1.165, 1.54) is 18.4 Å². The molecule has 0 aromatic heterocycles. The predicted octanol–water partition coefficient (Wildman–Crippen LogP) is 3.93. The molecule has 1 fully saturated rings. The molecule has 6 nitrogen and oxygen atoms in total. The zero-order valence-corrected chi connectivity index (χ0v) is 16.5. The summed E-state index contributed by atoms with van der Waals surface area (Å²) in [5.74, 6) is 1.91. The molecular formula is C21H23NO5S. The monoisotopic (exact) mass is 401 g/mol. The number of anilines is 1. The van der Waals surface area contributed by atoms with Crippen LogP contribution in [0, 0.1) is 0 Å². The van der Waals surface area contributed by atoms with E-state index in [-0.39, 0.29) is 19.0 Å². The highest BCUT2D eigenvalue weighted by Gasteiger charge is 2.39. The van der Waals surface area contributed by atoms with E-state index in [4.69, 9.17) is 14.2 Å². The van der Waals surface area contributed by atoms with E-state index in [1.807, 2.05) is 24.3 Å². The number of hydrogen-bond donors (Lipinski definition) is 1. The molecule has 2 aromatic rings. The van der Waals surface area contributed by atoms with Crippen LogP contribution in [-0.4, -0.2) is 27.6 Å². The van der Waals surface area contributed by atoms with Crippen molar-refractivity contribution in [2.75, 3.05) is 17.8 Å². The molecule has 0 unspecified atom stereocenters. The van der Waals surface area contributed by atoms with Crippen LogP contribution in [0.3, 0.4) is 0 Å². The molecule has 7 heteroatoms. The van der Waals surface area contributed by atoms with Crippen molar-refractivity contribution in [3.05, 3.63) is 53.1 Å². The highest BCUT2D eigenvalue weighted by Crippen LogP contribution is 2.50. The van der Waals surface area contributed by atoms with Gasteiger partial charge < -0.3 is 14.2 Å². The molecule has 1 saturated carbocycles. The zero-order valence-electron chi connectivity index (χ0n) is 15.7. The molecule has 2 aliphatic heterocycles. The van der Waals surface area contributed by atoms with Gasteiger partial charge in [-0.2, -0.15) is 0 Å². The number of hydrogen-bond acceptors (Lipinski definition) is 5. The second kappa shape index (κ2) is 6.67. The fraction of sp³-hybridized carbons (Fsp3) is 0.429. The summed E-state index contributed by atoms with van der Waals surface area (Å²) < 4.78 is 43.6. The highest BCUT2D eigenvalue weighted by atomic mass is 32.2. The van der Waals surface area contributed by atoms with Crippen LogP contribution >= 0.6 is 0 Å². The first-order chi connectivity index (χ1) is 13.5. The van der Waals surface area contributed by atoms with Crippen LogP contribution in [0.15, 0.2) is 36.4 Å². The Morgan fingerprint density at radius 3 is 2.54 bits per heavy atom. The molecule has 3 atom stereocenters. The Bertz CT molecular complexity index is 1020. The lowest BCUT2D eigenvalue weighted by Crippen LogP contribution is -2.33. The minimum Gasteiger partial charge on any atom is -0.454 e. The third kappa shape index (κ3) is 3.22. The van der Waals surface area contributed by atoms with Crippen LogP contribution in [0.5, 0.6) is 11.5 Å². The lowest BCUT2D eigenvalue weighted by molar-refractivity contribution is -0.0389. The van der Waals surface area contributed by atoms with Crippen molar-refractivity contribution in [1.29, 1.82) is 0 Å². The van der Waals surface area contributed by atoms with Gasteiger partial charge in [0.2, 0.25) is 16.8 Å². The maximum atomic E-state index is 11.6. The topological polar surface area (TPSA) is 73.9 Å². The Labute approximate surface area is 164 Å². The molecule has 0 radical (unpaired) electrons. The maximum Gasteiger partial charge on any atom is 0.231 e. The van der Waals surface area contributed by atoms with E-state index in [0.717, 1.165) is 41.7 Å². The Morgan fingerprint density at radius 1 is 1.00 bits per heavy atom. The van der Waals surface area contributed by atoms with Gasteiger partial charge in [-0.25, -0.2) is 8.42 Å². The Balaban J connectivity index is 1.59. The van der Waals surface area contributed by atoms with Crippen molar-refractivity contribution in [3.8, 4) is 11.5 Å². The molecule has 0 bridgehead atoms. The summed E-state index contributed by atoms with van der Waals surface area (Å²) in [4.78, 5) is 0. The molecule has 2 aromatic carbocycles. The molecule has 0 spiro atoms. The second-order valence-electron chi connectivity index (χ2n) is 7.78. The summed E-state index contributed by atoms with van der Waals surface area (Å²) in [6.45, 7) is 0.242. The van der Waals surface area contributed by atoms with Crippen LogP contribution < -0.4 is 14.2 Å². The van der Waals surface area contributed by atoms with Crippen LogP contribution in [0.1, 0.15) is 54.4 Å². The molecule has 3 aliphatic rings.